The van der Waals surface area contributed by atoms with Crippen LogP contribution in [0.15, 0.2) is 40.1 Å². The number of esters is 1. The first-order chi connectivity index (χ1) is 20.2. The first-order valence-corrected chi connectivity index (χ1v) is 15.6. The van der Waals surface area contributed by atoms with Crippen LogP contribution in [-0.4, -0.2) is 62.2 Å². The van der Waals surface area contributed by atoms with Gasteiger partial charge in [0.15, 0.2) is 11.9 Å². The predicted octanol–water partition coefficient (Wildman–Crippen LogP) is 3.26. The molecule has 0 bridgehead atoms. The Morgan fingerprint density at radius 1 is 1.21 bits per heavy atom. The van der Waals surface area contributed by atoms with Crippen molar-refractivity contribution in [2.45, 2.75) is 90.6 Å². The largest absolute Gasteiger partial charge is 0.462 e. The van der Waals surface area contributed by atoms with E-state index in [1.165, 1.54) is 6.92 Å². The molecule has 6 atom stereocenters. The number of H-pyrrole nitrogens is 2. The minimum atomic E-state index is -4.42. The highest BCUT2D eigenvalue weighted by molar-refractivity contribution is 7.52. The molecule has 1 aliphatic rings. The molecule has 236 valence electrons. The van der Waals surface area contributed by atoms with E-state index in [4.69, 9.17) is 18.5 Å². The third-order valence-electron chi connectivity index (χ3n) is 7.19. The molecule has 1 fully saturated rings. The zero-order valence-corrected chi connectivity index (χ0v) is 25.8. The van der Waals surface area contributed by atoms with Gasteiger partial charge in [-0.25, -0.2) is 13.8 Å². The smallest absolute Gasteiger partial charge is 0.459 e. The summed E-state index contributed by atoms with van der Waals surface area (Å²) in [6.07, 6.45) is -2.74. The van der Waals surface area contributed by atoms with Gasteiger partial charge < -0.3 is 24.1 Å². The molecule has 2 aromatic heterocycles. The number of aromatic amines is 2. The van der Waals surface area contributed by atoms with Gasteiger partial charge in [-0.2, -0.15) is 5.09 Å². The molecule has 0 spiro atoms. The Hall–Kier alpha value is -3.29. The summed E-state index contributed by atoms with van der Waals surface area (Å²) in [6.45, 7) is 9.17. The number of carbonyl (C=O) groups is 1. The van der Waals surface area contributed by atoms with E-state index in [0.717, 1.165) is 58.8 Å². The van der Waals surface area contributed by atoms with E-state index in [1.807, 2.05) is 18.8 Å². The number of fused-ring (bicyclic) bond motifs is 1. The van der Waals surface area contributed by atoms with Crippen LogP contribution in [0.3, 0.4) is 0 Å². The number of carbonyl (C=O) groups excluding carboxylic acids is 1. The fraction of sp³-hybridized carbons (Fsp3) is 0.536. The molecule has 1 saturated heterocycles. The molecular formula is C28H38FN4O9P. The molecular weight excluding hydrogens is 586 g/mol. The van der Waals surface area contributed by atoms with Crippen molar-refractivity contribution in [2.24, 2.45) is 0 Å². The standard InChI is InChI=1S/C28H38FN4O9P/c1-7-18-19-13-17(9-10-21(19)30-20(18)8-2)42-43(38,32-16(5)25(36)40-15(3)4)39-14-22-24(35)28(6,29)26(41-22)33-12-11-23(34)31-27(33)37/h9-13,15-16,22,24,26,30,35H,7-8,14H2,1-6H3,(H,32,38)(H,31,34,37). The lowest BCUT2D eigenvalue weighted by atomic mass is 9.98. The van der Waals surface area contributed by atoms with E-state index in [-0.39, 0.29) is 5.75 Å². The average molecular weight is 625 g/mol. The number of benzene rings is 1. The van der Waals surface area contributed by atoms with Crippen molar-refractivity contribution in [3.8, 4) is 5.75 Å². The van der Waals surface area contributed by atoms with E-state index in [2.05, 4.69) is 10.1 Å². The van der Waals surface area contributed by atoms with Crippen LogP contribution >= 0.6 is 7.75 Å². The lowest BCUT2D eigenvalue weighted by molar-refractivity contribution is -0.149. The van der Waals surface area contributed by atoms with E-state index < -0.39 is 67.8 Å². The highest BCUT2D eigenvalue weighted by atomic mass is 31.2. The Labute approximate surface area is 247 Å². The number of aromatic nitrogens is 3. The summed E-state index contributed by atoms with van der Waals surface area (Å²) in [5.41, 5.74) is -1.13. The molecule has 1 aliphatic heterocycles. The molecule has 3 aromatic rings. The minimum Gasteiger partial charge on any atom is -0.462 e. The number of nitrogens with one attached hydrogen (secondary N) is 3. The van der Waals surface area contributed by atoms with Crippen molar-refractivity contribution in [2.75, 3.05) is 6.61 Å². The van der Waals surface area contributed by atoms with E-state index >= 15 is 4.39 Å². The second kappa shape index (κ2) is 12.7. The molecule has 3 heterocycles. The number of rotatable bonds is 12. The van der Waals surface area contributed by atoms with Crippen LogP contribution in [0.2, 0.25) is 0 Å². The fourth-order valence-electron chi connectivity index (χ4n) is 5.03. The monoisotopic (exact) mass is 624 g/mol. The zero-order chi connectivity index (χ0) is 31.7. The van der Waals surface area contributed by atoms with Crippen molar-refractivity contribution in [1.29, 1.82) is 0 Å². The number of nitrogens with zero attached hydrogens (tertiary/aromatic N) is 1. The van der Waals surface area contributed by atoms with E-state index in [1.54, 1.807) is 32.0 Å². The molecule has 1 aromatic carbocycles. The number of aliphatic hydroxyl groups is 1. The van der Waals surface area contributed by atoms with Gasteiger partial charge in [0.05, 0.1) is 12.7 Å². The molecule has 13 nitrogen and oxygen atoms in total. The maximum atomic E-state index is 15.7. The van der Waals surface area contributed by atoms with E-state index in [9.17, 15) is 24.1 Å². The van der Waals surface area contributed by atoms with Crippen LogP contribution in [0.25, 0.3) is 10.9 Å². The lowest BCUT2D eigenvalue weighted by Gasteiger charge is -2.25. The highest BCUT2D eigenvalue weighted by Crippen LogP contribution is 2.48. The summed E-state index contributed by atoms with van der Waals surface area (Å²) in [4.78, 5) is 41.7. The van der Waals surface area contributed by atoms with Gasteiger partial charge in [0.2, 0.25) is 0 Å². The fourth-order valence-corrected chi connectivity index (χ4v) is 6.53. The summed E-state index contributed by atoms with van der Waals surface area (Å²) in [5, 5.41) is 14.2. The highest BCUT2D eigenvalue weighted by Gasteiger charge is 2.56. The number of hydrogen-bond acceptors (Lipinski definition) is 9. The Kier molecular flexibility index (Phi) is 9.67. The molecule has 4 rings (SSSR count). The van der Waals surface area contributed by atoms with Crippen LogP contribution in [-0.2, 0) is 36.2 Å². The van der Waals surface area contributed by atoms with Crippen molar-refractivity contribution in [3.05, 3.63) is 62.6 Å². The van der Waals surface area contributed by atoms with E-state index in [0.29, 0.717) is 0 Å². The van der Waals surface area contributed by atoms with Crippen LogP contribution in [0.5, 0.6) is 5.75 Å². The maximum absolute atomic E-state index is 15.7. The van der Waals surface area contributed by atoms with Crippen LogP contribution < -0.4 is 20.9 Å². The molecule has 0 amide bonds. The topological polar surface area (TPSA) is 174 Å². The van der Waals surface area contributed by atoms with Crippen molar-refractivity contribution in [3.63, 3.8) is 0 Å². The van der Waals surface area contributed by atoms with Gasteiger partial charge in [-0.1, -0.05) is 13.8 Å². The molecule has 0 radical (unpaired) electrons. The van der Waals surface area contributed by atoms with Crippen LogP contribution in [0.4, 0.5) is 4.39 Å². The summed E-state index contributed by atoms with van der Waals surface area (Å²) >= 11 is 0. The average Bonchev–Trinajstić information content (AvgIpc) is 3.40. The Morgan fingerprint density at radius 2 is 1.93 bits per heavy atom. The minimum absolute atomic E-state index is 0.171. The summed E-state index contributed by atoms with van der Waals surface area (Å²) < 4.78 is 52.9. The molecule has 15 heteroatoms. The predicted molar refractivity (Wildman–Crippen MR) is 156 cm³/mol. The molecule has 4 N–H and O–H groups in total. The second-order valence-electron chi connectivity index (χ2n) is 10.9. The first kappa shape index (κ1) is 32.6. The number of aliphatic hydroxyl groups excluding tert-OH is 1. The van der Waals surface area contributed by atoms with Gasteiger partial charge in [-0.3, -0.25) is 23.7 Å². The molecule has 0 saturated carbocycles. The van der Waals surface area contributed by atoms with Crippen molar-refractivity contribution >= 4 is 24.6 Å². The number of ether oxygens (including phenoxy) is 2. The van der Waals surface area contributed by atoms with Gasteiger partial charge >= 0.3 is 19.4 Å². The quantitative estimate of drug-likeness (QED) is 0.173. The number of alkyl halides is 1. The Morgan fingerprint density at radius 3 is 2.56 bits per heavy atom. The van der Waals surface area contributed by atoms with Gasteiger partial charge in [0.25, 0.3) is 5.56 Å². The Balaban J connectivity index is 1.61. The third kappa shape index (κ3) is 6.94. The van der Waals surface area contributed by atoms with Crippen molar-refractivity contribution < 1.29 is 37.4 Å². The molecule has 6 unspecified atom stereocenters. The normalized spacial score (nSPS) is 24.3. The second-order valence-corrected chi connectivity index (χ2v) is 12.6. The van der Waals surface area contributed by atoms with Crippen LogP contribution in [0, 0.1) is 0 Å². The van der Waals surface area contributed by atoms with Gasteiger partial charge in [0, 0.05) is 28.9 Å². The molecule has 0 aliphatic carbocycles. The SMILES string of the molecule is CCc1[nH]c2ccc(OP(=O)(NC(C)C(=O)OC(C)C)OCC3OC(n4ccc(=O)[nH]c4=O)C(C)(F)C3O)cc2c1CC. The summed E-state index contributed by atoms with van der Waals surface area (Å²) in [5.74, 6) is -0.541. The van der Waals surface area contributed by atoms with Crippen LogP contribution in [0.1, 0.15) is 59.0 Å². The first-order valence-electron chi connectivity index (χ1n) is 14.1. The van der Waals surface area contributed by atoms with Crippen molar-refractivity contribution in [1.82, 2.24) is 19.6 Å². The summed E-state index contributed by atoms with van der Waals surface area (Å²) in [6, 6.07) is 4.93. The maximum Gasteiger partial charge on any atom is 0.459 e. The zero-order valence-electron chi connectivity index (χ0n) is 24.9. The van der Waals surface area contributed by atoms with Gasteiger partial charge in [0.1, 0.15) is 24.0 Å². The lowest BCUT2D eigenvalue weighted by Crippen LogP contribution is -2.43. The number of halogens is 1. The summed E-state index contributed by atoms with van der Waals surface area (Å²) in [7, 11) is -4.42. The van der Waals surface area contributed by atoms with Gasteiger partial charge in [-0.05, 0) is 64.3 Å². The molecule has 43 heavy (non-hydrogen) atoms. The third-order valence-corrected chi connectivity index (χ3v) is 8.83. The van der Waals surface area contributed by atoms with Gasteiger partial charge in [-0.15, -0.1) is 0 Å². The number of hydrogen-bond donors (Lipinski definition) is 4. The Bertz CT molecular complexity index is 1630. The number of aryl methyl sites for hydroxylation is 2.